The number of carbonyl (C=O) groups excluding carboxylic acids is 2. The van der Waals surface area contributed by atoms with Crippen molar-refractivity contribution in [2.45, 2.75) is 288 Å². The van der Waals surface area contributed by atoms with Gasteiger partial charge in [-0.05, 0) is 38.5 Å². The normalized spacial score (nSPS) is 20.8. The summed E-state index contributed by atoms with van der Waals surface area (Å²) in [5.41, 5.74) is 0. The van der Waals surface area contributed by atoms with Gasteiger partial charge in [-0.3, -0.25) is 9.59 Å². The highest BCUT2D eigenvalue weighted by Gasteiger charge is 2.46. The first-order valence-corrected chi connectivity index (χ1v) is 25.5. The molecule has 0 bridgehead atoms. The number of aliphatic hydroxyl groups excluding tert-OH is 5. The minimum Gasteiger partial charge on any atom is -0.390 e. The summed E-state index contributed by atoms with van der Waals surface area (Å²) >= 11 is 0. The molecule has 8 atom stereocenters. The molecule has 11 heteroatoms. The Morgan fingerprint density at radius 2 is 0.984 bits per heavy atom. The molecule has 1 fully saturated rings. The van der Waals surface area contributed by atoms with Crippen LogP contribution in [0.15, 0.2) is 12.2 Å². The van der Waals surface area contributed by atoms with Gasteiger partial charge in [0.2, 0.25) is 11.8 Å². The van der Waals surface area contributed by atoms with Crippen LogP contribution in [0.1, 0.15) is 239 Å². The van der Waals surface area contributed by atoms with E-state index in [2.05, 4.69) is 36.6 Å². The van der Waals surface area contributed by atoms with Crippen molar-refractivity contribution in [3.05, 3.63) is 12.2 Å². The van der Waals surface area contributed by atoms with Gasteiger partial charge in [0.1, 0.15) is 30.5 Å². The minimum atomic E-state index is -1.71. The second kappa shape index (κ2) is 40.0. The lowest BCUT2D eigenvalue weighted by molar-refractivity contribution is -0.316. The largest absolute Gasteiger partial charge is 0.390 e. The van der Waals surface area contributed by atoms with Crippen LogP contribution < -0.4 is 10.6 Å². The van der Waals surface area contributed by atoms with E-state index in [4.69, 9.17) is 9.47 Å². The molecule has 0 radical (unpaired) electrons. The molecule has 61 heavy (non-hydrogen) atoms. The summed E-state index contributed by atoms with van der Waals surface area (Å²) in [5, 5.41) is 59.2. The van der Waals surface area contributed by atoms with Crippen LogP contribution in [0.4, 0.5) is 0 Å². The van der Waals surface area contributed by atoms with Gasteiger partial charge in [0.15, 0.2) is 12.5 Å². The van der Waals surface area contributed by atoms with E-state index in [1.807, 2.05) is 0 Å². The molecule has 0 aromatic rings. The highest BCUT2D eigenvalue weighted by Crippen LogP contribution is 2.25. The molecular weight excluding hydrogens is 773 g/mol. The lowest BCUT2D eigenvalue weighted by Crippen LogP contribution is -2.63. The second-order valence-electron chi connectivity index (χ2n) is 18.1. The van der Waals surface area contributed by atoms with Crippen molar-refractivity contribution in [1.82, 2.24) is 10.6 Å². The summed E-state index contributed by atoms with van der Waals surface area (Å²) < 4.78 is 11.6. The summed E-state index contributed by atoms with van der Waals surface area (Å²) in [7, 11) is 0. The van der Waals surface area contributed by atoms with E-state index in [1.54, 1.807) is 0 Å². The summed E-state index contributed by atoms with van der Waals surface area (Å²) in [6.45, 7) is 5.65. The molecule has 360 valence electrons. The van der Waals surface area contributed by atoms with E-state index < -0.39 is 49.1 Å². The summed E-state index contributed by atoms with van der Waals surface area (Å²) in [6.07, 6.45) is 32.2. The van der Waals surface area contributed by atoms with Crippen LogP contribution in [-0.4, -0.2) is 93.0 Å². The van der Waals surface area contributed by atoms with Crippen molar-refractivity contribution in [2.75, 3.05) is 6.54 Å². The van der Waals surface area contributed by atoms with Crippen molar-refractivity contribution in [3.63, 3.8) is 0 Å². The van der Waals surface area contributed by atoms with Crippen LogP contribution in [0.5, 0.6) is 0 Å². The number of nitrogens with one attached hydrogen (secondary N) is 2. The van der Waals surface area contributed by atoms with Crippen LogP contribution in [0.25, 0.3) is 0 Å². The fraction of sp³-hybridized carbons (Fsp3) is 0.920. The zero-order valence-corrected chi connectivity index (χ0v) is 39.4. The molecule has 2 amide bonds. The maximum atomic E-state index is 13.1. The predicted octanol–water partition coefficient (Wildman–Crippen LogP) is 9.97. The zero-order valence-electron chi connectivity index (χ0n) is 39.4. The van der Waals surface area contributed by atoms with Gasteiger partial charge >= 0.3 is 0 Å². The molecule has 7 N–H and O–H groups in total. The van der Waals surface area contributed by atoms with Gasteiger partial charge in [-0.1, -0.05) is 199 Å². The topological polar surface area (TPSA) is 178 Å². The maximum absolute atomic E-state index is 13.1. The second-order valence-corrected chi connectivity index (χ2v) is 18.1. The number of hydrogen-bond donors (Lipinski definition) is 7. The third-order valence-electron chi connectivity index (χ3n) is 12.3. The summed E-state index contributed by atoms with van der Waals surface area (Å²) in [4.78, 5) is 24.6. The lowest BCUT2D eigenvalue weighted by Gasteiger charge is -2.42. The number of unbranched alkanes of at least 4 members (excludes halogenated alkanes) is 29. The highest BCUT2D eigenvalue weighted by atomic mass is 16.7. The molecule has 1 heterocycles. The molecule has 1 rings (SSSR count). The van der Waals surface area contributed by atoms with E-state index >= 15 is 0 Å². The van der Waals surface area contributed by atoms with Gasteiger partial charge < -0.3 is 45.6 Å². The van der Waals surface area contributed by atoms with E-state index in [9.17, 15) is 35.1 Å². The average molecular weight is 869 g/mol. The third kappa shape index (κ3) is 31.0. The summed E-state index contributed by atoms with van der Waals surface area (Å²) in [6, 6.07) is 0. The molecule has 11 nitrogen and oxygen atoms in total. The molecule has 1 saturated heterocycles. The number of hydrogen-bond acceptors (Lipinski definition) is 9. The number of rotatable bonds is 42. The first-order valence-electron chi connectivity index (χ1n) is 25.5. The number of allylic oxidation sites excluding steroid dienone is 2. The Morgan fingerprint density at radius 3 is 1.43 bits per heavy atom. The molecule has 0 aliphatic carbocycles. The Labute approximate surface area is 373 Å². The minimum absolute atomic E-state index is 0.154. The number of carbonyl (C=O) groups is 2. The molecule has 1 aliphatic rings. The SMILES string of the molecule is CCCCCCCC/C=C\CCCCCCCCCCCCCC(=O)N[C@@H](OC1OC(CNC(C)=O)C(O)C(O)C1O)C(O)[C@H](O)CCCCCCCCCCCCCCC. The summed E-state index contributed by atoms with van der Waals surface area (Å²) in [5.74, 6) is -0.740. The van der Waals surface area contributed by atoms with Crippen LogP contribution in [-0.2, 0) is 19.1 Å². The van der Waals surface area contributed by atoms with Crippen molar-refractivity contribution in [1.29, 1.82) is 0 Å². The Hall–Kier alpha value is -1.60. The van der Waals surface area contributed by atoms with Crippen LogP contribution in [0, 0.1) is 0 Å². The first-order chi connectivity index (χ1) is 29.6. The van der Waals surface area contributed by atoms with E-state index in [1.165, 1.54) is 161 Å². The Bertz CT molecular complexity index is 1050. The van der Waals surface area contributed by atoms with Gasteiger partial charge in [0, 0.05) is 19.9 Å². The maximum Gasteiger partial charge on any atom is 0.222 e. The highest BCUT2D eigenvalue weighted by molar-refractivity contribution is 5.76. The van der Waals surface area contributed by atoms with Crippen LogP contribution in [0.3, 0.4) is 0 Å². The Balaban J connectivity index is 2.42. The van der Waals surface area contributed by atoms with Gasteiger partial charge in [-0.15, -0.1) is 0 Å². The van der Waals surface area contributed by atoms with E-state index in [0.717, 1.165) is 38.5 Å². The van der Waals surface area contributed by atoms with Gasteiger partial charge in [0.05, 0.1) is 6.10 Å². The van der Waals surface area contributed by atoms with Gasteiger partial charge in [-0.25, -0.2) is 0 Å². The Kier molecular flexibility index (Phi) is 37.6. The van der Waals surface area contributed by atoms with E-state index in [0.29, 0.717) is 19.3 Å². The van der Waals surface area contributed by atoms with Crippen LogP contribution >= 0.6 is 0 Å². The molecular formula is C50H96N2O9. The van der Waals surface area contributed by atoms with Gasteiger partial charge in [0.25, 0.3) is 0 Å². The smallest absolute Gasteiger partial charge is 0.222 e. The number of ether oxygens (including phenoxy) is 2. The molecule has 0 saturated carbocycles. The molecule has 0 aromatic heterocycles. The first kappa shape index (κ1) is 57.4. The van der Waals surface area contributed by atoms with Crippen molar-refractivity contribution in [3.8, 4) is 0 Å². The molecule has 0 spiro atoms. The van der Waals surface area contributed by atoms with Gasteiger partial charge in [-0.2, -0.15) is 0 Å². The van der Waals surface area contributed by atoms with Crippen LogP contribution in [0.2, 0.25) is 0 Å². The van der Waals surface area contributed by atoms with Crippen molar-refractivity contribution in [2.24, 2.45) is 0 Å². The standard InChI is InChI=1S/C50H96N2O9/c1-4-6-8-10-12-14-16-18-19-20-21-22-23-24-25-27-29-31-33-35-37-39-44(55)52-49(61-50-48(59)47(58)46(57)43(60-50)40-51-41(3)53)45(56)42(54)38-36-34-32-30-28-26-17-15-13-11-9-7-5-2/h18-19,42-43,45-50,54,56-59H,4-17,20-40H2,1-3H3,(H,51,53)(H,52,55)/b19-18-/t42-,43?,45?,46?,47?,48?,49+,50?/m1/s1. The molecule has 6 unspecified atom stereocenters. The predicted molar refractivity (Wildman–Crippen MR) is 248 cm³/mol. The fourth-order valence-electron chi connectivity index (χ4n) is 8.18. The monoisotopic (exact) mass is 869 g/mol. The fourth-order valence-corrected chi connectivity index (χ4v) is 8.18. The molecule has 1 aliphatic heterocycles. The number of aliphatic hydroxyl groups is 5. The van der Waals surface area contributed by atoms with E-state index in [-0.39, 0.29) is 24.8 Å². The number of amides is 2. The third-order valence-corrected chi connectivity index (χ3v) is 12.3. The lowest BCUT2D eigenvalue weighted by atomic mass is 9.98. The molecule has 0 aromatic carbocycles. The average Bonchev–Trinajstić information content (AvgIpc) is 3.24. The Morgan fingerprint density at radius 1 is 0.574 bits per heavy atom. The zero-order chi connectivity index (χ0) is 44.8. The quantitative estimate of drug-likeness (QED) is 0.0179. The van der Waals surface area contributed by atoms with Crippen molar-refractivity contribution < 1.29 is 44.6 Å². The van der Waals surface area contributed by atoms with Crippen molar-refractivity contribution >= 4 is 11.8 Å².